The topological polar surface area (TPSA) is 35.5 Å². The Balaban J connectivity index is 2.36. The summed E-state index contributed by atoms with van der Waals surface area (Å²) < 4.78 is 0. The molecule has 1 atom stereocenters. The van der Waals surface area contributed by atoms with Crippen LogP contribution in [0.5, 0.6) is 0 Å². The number of anilines is 1. The number of para-hydroxylation sites is 1. The van der Waals surface area contributed by atoms with Crippen LogP contribution in [0.1, 0.15) is 31.2 Å². The lowest BCUT2D eigenvalue weighted by atomic mass is 10.1. The predicted molar refractivity (Wildman–Crippen MR) is 80.9 cm³/mol. The zero-order chi connectivity index (χ0) is 13.7. The van der Waals surface area contributed by atoms with Crippen molar-refractivity contribution in [1.29, 1.82) is 0 Å². The summed E-state index contributed by atoms with van der Waals surface area (Å²) in [5, 5.41) is 13.6. The first-order valence-electron chi connectivity index (χ1n) is 7.07. The van der Waals surface area contributed by atoms with Gasteiger partial charge in [-0.3, -0.25) is 0 Å². The molecular formula is C15H23ClN2O. The van der Waals surface area contributed by atoms with Gasteiger partial charge in [0.1, 0.15) is 0 Å². The Morgan fingerprint density at radius 2 is 2.21 bits per heavy atom. The summed E-state index contributed by atoms with van der Waals surface area (Å²) in [6.07, 6.45) is 4.63. The van der Waals surface area contributed by atoms with Gasteiger partial charge in [-0.25, -0.2) is 0 Å². The van der Waals surface area contributed by atoms with Gasteiger partial charge in [0.25, 0.3) is 0 Å². The highest BCUT2D eigenvalue weighted by molar-refractivity contribution is 6.33. The van der Waals surface area contributed by atoms with Crippen LogP contribution < -0.4 is 10.2 Å². The van der Waals surface area contributed by atoms with Crippen molar-refractivity contribution >= 4 is 17.3 Å². The molecule has 1 aliphatic rings. The molecule has 0 radical (unpaired) electrons. The van der Waals surface area contributed by atoms with Gasteiger partial charge >= 0.3 is 0 Å². The third kappa shape index (κ3) is 3.41. The Morgan fingerprint density at radius 3 is 2.95 bits per heavy atom. The van der Waals surface area contributed by atoms with Gasteiger partial charge in [0.05, 0.1) is 23.4 Å². The van der Waals surface area contributed by atoms with Crippen LogP contribution in [0.3, 0.4) is 0 Å². The molecule has 4 heteroatoms. The first-order valence-corrected chi connectivity index (χ1v) is 7.45. The maximum Gasteiger partial charge on any atom is 0.0643 e. The van der Waals surface area contributed by atoms with Gasteiger partial charge in [-0.15, -0.1) is 0 Å². The van der Waals surface area contributed by atoms with Crippen LogP contribution in [0.15, 0.2) is 18.2 Å². The van der Waals surface area contributed by atoms with Crippen molar-refractivity contribution in [2.24, 2.45) is 0 Å². The van der Waals surface area contributed by atoms with Gasteiger partial charge in [-0.1, -0.05) is 36.6 Å². The minimum atomic E-state index is 0.193. The zero-order valence-electron chi connectivity index (χ0n) is 11.5. The standard InChI is InChI=1S/C15H23ClN2O/c1-17-10-12-6-5-8-14(16)15(12)18-9-4-2-3-7-13(18)11-19/h5-6,8,13,17,19H,2-4,7,9-11H2,1H3. The van der Waals surface area contributed by atoms with E-state index in [-0.39, 0.29) is 12.6 Å². The number of aliphatic hydroxyl groups excluding tert-OH is 1. The van der Waals surface area contributed by atoms with Crippen molar-refractivity contribution in [3.8, 4) is 0 Å². The van der Waals surface area contributed by atoms with Crippen molar-refractivity contribution in [3.63, 3.8) is 0 Å². The van der Waals surface area contributed by atoms with Crippen LogP contribution in [-0.4, -0.2) is 31.3 Å². The van der Waals surface area contributed by atoms with Crippen LogP contribution in [0.25, 0.3) is 0 Å². The molecule has 0 amide bonds. The number of halogens is 1. The van der Waals surface area contributed by atoms with E-state index < -0.39 is 0 Å². The van der Waals surface area contributed by atoms with E-state index in [4.69, 9.17) is 11.6 Å². The van der Waals surface area contributed by atoms with Crippen molar-refractivity contribution in [3.05, 3.63) is 28.8 Å². The second-order valence-corrected chi connectivity index (χ2v) is 5.56. The van der Waals surface area contributed by atoms with Crippen molar-refractivity contribution in [2.75, 3.05) is 25.1 Å². The minimum absolute atomic E-state index is 0.193. The molecule has 2 rings (SSSR count). The Labute approximate surface area is 120 Å². The van der Waals surface area contributed by atoms with Gasteiger partial charge in [0.15, 0.2) is 0 Å². The third-order valence-corrected chi connectivity index (χ3v) is 4.12. The van der Waals surface area contributed by atoms with E-state index in [1.165, 1.54) is 24.8 Å². The fraction of sp³-hybridized carbons (Fsp3) is 0.600. The Kier molecular flexibility index (Phi) is 5.49. The number of nitrogens with one attached hydrogen (secondary N) is 1. The average Bonchev–Trinajstić information content (AvgIpc) is 2.64. The first kappa shape index (κ1) is 14.6. The lowest BCUT2D eigenvalue weighted by Gasteiger charge is -2.33. The fourth-order valence-corrected chi connectivity index (χ4v) is 3.18. The van der Waals surface area contributed by atoms with E-state index in [0.717, 1.165) is 30.2 Å². The number of nitrogens with zero attached hydrogens (tertiary/aromatic N) is 1. The lowest BCUT2D eigenvalue weighted by molar-refractivity contribution is 0.255. The quantitative estimate of drug-likeness (QED) is 0.891. The van der Waals surface area contributed by atoms with Gasteiger partial charge in [0.2, 0.25) is 0 Å². The summed E-state index contributed by atoms with van der Waals surface area (Å²) in [6.45, 7) is 1.97. The average molecular weight is 283 g/mol. The highest BCUT2D eigenvalue weighted by atomic mass is 35.5. The van der Waals surface area contributed by atoms with Crippen LogP contribution in [0.4, 0.5) is 5.69 Å². The maximum absolute atomic E-state index is 9.66. The smallest absolute Gasteiger partial charge is 0.0643 e. The minimum Gasteiger partial charge on any atom is -0.394 e. The molecule has 1 saturated heterocycles. The second-order valence-electron chi connectivity index (χ2n) is 5.16. The molecule has 1 unspecified atom stereocenters. The molecule has 0 aromatic heterocycles. The normalized spacial score (nSPS) is 20.4. The number of hydrogen-bond acceptors (Lipinski definition) is 3. The van der Waals surface area contributed by atoms with Gasteiger partial charge in [0, 0.05) is 13.1 Å². The van der Waals surface area contributed by atoms with Crippen LogP contribution >= 0.6 is 11.6 Å². The van der Waals surface area contributed by atoms with Gasteiger partial charge in [-0.2, -0.15) is 0 Å². The largest absolute Gasteiger partial charge is 0.394 e. The summed E-state index contributed by atoms with van der Waals surface area (Å²) in [7, 11) is 1.94. The van der Waals surface area contributed by atoms with Crippen LogP contribution in [0, 0.1) is 0 Å². The van der Waals surface area contributed by atoms with E-state index >= 15 is 0 Å². The molecule has 0 aliphatic carbocycles. The van der Waals surface area contributed by atoms with Crippen LogP contribution in [-0.2, 0) is 6.54 Å². The van der Waals surface area contributed by atoms with Gasteiger partial charge < -0.3 is 15.3 Å². The predicted octanol–water partition coefficient (Wildman–Crippen LogP) is 2.80. The Bertz CT molecular complexity index is 411. The number of rotatable bonds is 4. The van der Waals surface area contributed by atoms with E-state index in [2.05, 4.69) is 16.3 Å². The molecule has 3 nitrogen and oxygen atoms in total. The summed E-state index contributed by atoms with van der Waals surface area (Å²) in [4.78, 5) is 2.31. The molecule has 1 aromatic rings. The van der Waals surface area contributed by atoms with Crippen molar-refractivity contribution in [2.45, 2.75) is 38.3 Å². The number of hydrogen-bond donors (Lipinski definition) is 2. The fourth-order valence-electron chi connectivity index (χ4n) is 2.88. The molecule has 0 saturated carbocycles. The van der Waals surface area contributed by atoms with E-state index in [1.54, 1.807) is 0 Å². The highest BCUT2D eigenvalue weighted by Gasteiger charge is 2.24. The number of benzene rings is 1. The van der Waals surface area contributed by atoms with Gasteiger partial charge in [-0.05, 0) is 31.5 Å². The molecule has 0 bridgehead atoms. The molecule has 1 heterocycles. The lowest BCUT2D eigenvalue weighted by Crippen LogP contribution is -2.38. The van der Waals surface area contributed by atoms with E-state index in [1.807, 2.05) is 19.2 Å². The highest BCUT2D eigenvalue weighted by Crippen LogP contribution is 2.33. The molecule has 1 fully saturated rings. The number of aliphatic hydroxyl groups is 1. The molecule has 0 spiro atoms. The molecule has 2 N–H and O–H groups in total. The first-order chi connectivity index (χ1) is 9.27. The van der Waals surface area contributed by atoms with Crippen molar-refractivity contribution in [1.82, 2.24) is 5.32 Å². The summed E-state index contributed by atoms with van der Waals surface area (Å²) in [5.74, 6) is 0. The summed E-state index contributed by atoms with van der Waals surface area (Å²) >= 11 is 6.42. The van der Waals surface area contributed by atoms with E-state index in [9.17, 15) is 5.11 Å². The molecule has 1 aromatic carbocycles. The molecule has 1 aliphatic heterocycles. The Hall–Kier alpha value is -0.770. The maximum atomic E-state index is 9.66. The summed E-state index contributed by atoms with van der Waals surface area (Å²) in [6, 6.07) is 6.23. The second kappa shape index (κ2) is 7.13. The molecular weight excluding hydrogens is 260 g/mol. The van der Waals surface area contributed by atoms with E-state index in [0.29, 0.717) is 0 Å². The zero-order valence-corrected chi connectivity index (χ0v) is 12.3. The molecule has 19 heavy (non-hydrogen) atoms. The monoisotopic (exact) mass is 282 g/mol. The van der Waals surface area contributed by atoms with Crippen molar-refractivity contribution < 1.29 is 5.11 Å². The summed E-state index contributed by atoms with van der Waals surface area (Å²) in [5.41, 5.74) is 2.30. The Morgan fingerprint density at radius 1 is 1.37 bits per heavy atom. The molecule has 106 valence electrons. The SMILES string of the molecule is CNCc1cccc(Cl)c1N1CCCCCC1CO. The third-order valence-electron chi connectivity index (χ3n) is 3.81. The van der Waals surface area contributed by atoms with Crippen LogP contribution in [0.2, 0.25) is 5.02 Å².